The number of unbranched alkanes of at least 4 members (excludes halogenated alkanes) is 6. The van der Waals surface area contributed by atoms with Gasteiger partial charge in [0.15, 0.2) is 21.8 Å². The smallest absolute Gasteiger partial charge is 0.329 e. The van der Waals surface area contributed by atoms with Gasteiger partial charge >= 0.3 is 5.69 Å². The van der Waals surface area contributed by atoms with E-state index in [2.05, 4.69) is 27.5 Å². The van der Waals surface area contributed by atoms with Crippen molar-refractivity contribution in [1.29, 1.82) is 0 Å². The Bertz CT molecular complexity index is 1140. The Morgan fingerprint density at radius 3 is 2.32 bits per heavy atom. The first kappa shape index (κ1) is 21.5. The van der Waals surface area contributed by atoms with Crippen LogP contribution in [0.2, 0.25) is 0 Å². The molecule has 0 atom stereocenters. The lowest BCUT2D eigenvalue weighted by Gasteiger charge is -2.13. The number of hydrogen-bond acceptors (Lipinski definition) is 6. The Morgan fingerprint density at radius 1 is 1.00 bits per heavy atom. The van der Waals surface area contributed by atoms with Crippen LogP contribution in [-0.2, 0) is 13.6 Å². The average Bonchev–Trinajstić information content (AvgIpc) is 3.33. The second-order valence-electron chi connectivity index (χ2n) is 7.99. The summed E-state index contributed by atoms with van der Waals surface area (Å²) in [5.41, 5.74) is 2.05. The SMILES string of the molecule is CCCCCCCCCn1c(SC2Nc3ccccc3N2)nc2c1c(=O)[nH]c(=O)n2C. The maximum absolute atomic E-state index is 12.6. The van der Waals surface area contributed by atoms with Gasteiger partial charge in [-0.2, -0.15) is 0 Å². The molecule has 1 aliphatic rings. The zero-order valence-electron chi connectivity index (χ0n) is 18.1. The van der Waals surface area contributed by atoms with Crippen molar-refractivity contribution in [2.24, 2.45) is 7.05 Å². The van der Waals surface area contributed by atoms with Gasteiger partial charge in [-0.25, -0.2) is 9.78 Å². The van der Waals surface area contributed by atoms with Crippen molar-refractivity contribution in [1.82, 2.24) is 19.1 Å². The molecule has 3 heterocycles. The van der Waals surface area contributed by atoms with Gasteiger partial charge in [0.05, 0.1) is 11.4 Å². The van der Waals surface area contributed by atoms with Gasteiger partial charge in [-0.3, -0.25) is 14.3 Å². The third-order valence-corrected chi connectivity index (χ3v) is 6.67. The number of nitrogens with one attached hydrogen (secondary N) is 3. The molecule has 0 radical (unpaired) electrons. The van der Waals surface area contributed by atoms with E-state index in [1.807, 2.05) is 28.8 Å². The summed E-state index contributed by atoms with van der Waals surface area (Å²) in [5, 5.41) is 7.60. The van der Waals surface area contributed by atoms with Crippen LogP contribution in [0.1, 0.15) is 51.9 Å². The summed E-state index contributed by atoms with van der Waals surface area (Å²) in [6, 6.07) is 8.04. The first-order chi connectivity index (χ1) is 15.1. The number of hydrogen-bond donors (Lipinski definition) is 3. The number of para-hydroxylation sites is 2. The monoisotopic (exact) mass is 442 g/mol. The molecular formula is C22H30N6O2S. The van der Waals surface area contributed by atoms with E-state index in [0.29, 0.717) is 17.7 Å². The van der Waals surface area contributed by atoms with Gasteiger partial charge in [0.1, 0.15) is 0 Å². The van der Waals surface area contributed by atoms with Crippen molar-refractivity contribution < 1.29 is 0 Å². The summed E-state index contributed by atoms with van der Waals surface area (Å²) in [7, 11) is 1.64. The van der Waals surface area contributed by atoms with Crippen molar-refractivity contribution in [3.63, 3.8) is 0 Å². The minimum atomic E-state index is -0.445. The molecule has 0 amide bonds. The Morgan fingerprint density at radius 2 is 1.65 bits per heavy atom. The largest absolute Gasteiger partial charge is 0.355 e. The van der Waals surface area contributed by atoms with Gasteiger partial charge in [-0.05, 0) is 30.3 Å². The maximum Gasteiger partial charge on any atom is 0.329 e. The molecule has 1 aromatic carbocycles. The fourth-order valence-electron chi connectivity index (χ4n) is 3.96. The van der Waals surface area contributed by atoms with Crippen LogP contribution in [0.25, 0.3) is 11.2 Å². The maximum atomic E-state index is 12.6. The molecule has 31 heavy (non-hydrogen) atoms. The Labute approximate surface area is 185 Å². The van der Waals surface area contributed by atoms with E-state index in [-0.39, 0.29) is 11.1 Å². The van der Waals surface area contributed by atoms with Crippen molar-refractivity contribution in [3.05, 3.63) is 45.1 Å². The number of benzene rings is 1. The lowest BCUT2D eigenvalue weighted by molar-refractivity contribution is 0.538. The number of fused-ring (bicyclic) bond motifs is 2. The number of anilines is 2. The summed E-state index contributed by atoms with van der Waals surface area (Å²) >= 11 is 1.52. The number of aryl methyl sites for hydroxylation is 2. The van der Waals surface area contributed by atoms with Crippen LogP contribution in [0.3, 0.4) is 0 Å². The minimum Gasteiger partial charge on any atom is -0.355 e. The first-order valence-electron chi connectivity index (χ1n) is 11.1. The first-order valence-corrected chi connectivity index (χ1v) is 11.9. The zero-order valence-corrected chi connectivity index (χ0v) is 18.9. The van der Waals surface area contributed by atoms with Crippen LogP contribution < -0.4 is 21.9 Å². The third-order valence-electron chi connectivity index (χ3n) is 5.68. The molecule has 9 heteroatoms. The molecule has 1 aliphatic heterocycles. The lowest BCUT2D eigenvalue weighted by atomic mass is 10.1. The van der Waals surface area contributed by atoms with Gasteiger partial charge < -0.3 is 15.2 Å². The van der Waals surface area contributed by atoms with Crippen LogP contribution in [0.4, 0.5) is 11.4 Å². The molecule has 2 aromatic heterocycles. The third kappa shape index (κ3) is 4.66. The Kier molecular flexibility index (Phi) is 6.70. The highest BCUT2D eigenvalue weighted by atomic mass is 32.2. The molecule has 0 aliphatic carbocycles. The second-order valence-corrected chi connectivity index (χ2v) is 9.06. The fraction of sp³-hybridized carbons (Fsp3) is 0.500. The van der Waals surface area contributed by atoms with Gasteiger partial charge in [0.25, 0.3) is 5.56 Å². The summed E-state index contributed by atoms with van der Waals surface area (Å²) in [5.74, 6) is 0. The van der Waals surface area contributed by atoms with E-state index in [0.717, 1.165) is 29.4 Å². The molecular weight excluding hydrogens is 412 g/mol. The van der Waals surface area contributed by atoms with Crippen LogP contribution >= 0.6 is 11.8 Å². The Balaban J connectivity index is 1.55. The van der Waals surface area contributed by atoms with Crippen LogP contribution in [0.5, 0.6) is 0 Å². The van der Waals surface area contributed by atoms with Gasteiger partial charge in [0.2, 0.25) is 0 Å². The van der Waals surface area contributed by atoms with E-state index in [1.54, 1.807) is 7.05 Å². The van der Waals surface area contributed by atoms with Gasteiger partial charge in [0, 0.05) is 13.6 Å². The molecule has 8 nitrogen and oxygen atoms in total. The molecule has 0 bridgehead atoms. The number of thioether (sulfide) groups is 1. The summed E-state index contributed by atoms with van der Waals surface area (Å²) in [6.07, 6.45) is 8.36. The van der Waals surface area contributed by atoms with E-state index >= 15 is 0 Å². The highest BCUT2D eigenvalue weighted by Crippen LogP contribution is 2.35. The molecule has 3 aromatic rings. The standard InChI is InChI=1S/C22H30N6O2S/c1-3-4-5-6-7-8-11-14-28-17-18(27(2)21(30)26-19(17)29)25-22(28)31-20-23-15-12-9-10-13-16(15)24-20/h9-10,12-13,20,23-24H,3-8,11,14H2,1-2H3,(H,26,29,30). The van der Waals surface area contributed by atoms with E-state index in [1.165, 1.54) is 48.4 Å². The highest BCUT2D eigenvalue weighted by molar-refractivity contribution is 8.00. The van der Waals surface area contributed by atoms with Crippen molar-refractivity contribution in [2.75, 3.05) is 10.6 Å². The number of aromatic nitrogens is 4. The van der Waals surface area contributed by atoms with E-state index in [9.17, 15) is 9.59 Å². The normalized spacial score (nSPS) is 13.4. The lowest BCUT2D eigenvalue weighted by Crippen LogP contribution is -2.29. The van der Waals surface area contributed by atoms with Crippen molar-refractivity contribution in [2.45, 2.75) is 69.1 Å². The number of imidazole rings is 1. The highest BCUT2D eigenvalue weighted by Gasteiger charge is 2.24. The molecule has 166 valence electrons. The predicted octanol–water partition coefficient (Wildman–Crippen LogP) is 4.09. The quantitative estimate of drug-likeness (QED) is 0.409. The zero-order chi connectivity index (χ0) is 21.8. The van der Waals surface area contributed by atoms with Gasteiger partial charge in [-0.1, -0.05) is 57.6 Å². The van der Waals surface area contributed by atoms with Crippen LogP contribution in [-0.4, -0.2) is 24.6 Å². The van der Waals surface area contributed by atoms with Crippen molar-refractivity contribution in [3.8, 4) is 0 Å². The van der Waals surface area contributed by atoms with Crippen LogP contribution in [0.15, 0.2) is 39.0 Å². The Hall–Kier alpha value is -2.68. The molecule has 0 unspecified atom stereocenters. The van der Waals surface area contributed by atoms with E-state index < -0.39 is 5.69 Å². The predicted molar refractivity (Wildman–Crippen MR) is 127 cm³/mol. The summed E-state index contributed by atoms with van der Waals surface area (Å²) < 4.78 is 3.38. The van der Waals surface area contributed by atoms with Crippen molar-refractivity contribution >= 4 is 34.3 Å². The number of H-pyrrole nitrogens is 1. The molecule has 0 fully saturated rings. The number of nitrogens with zero attached hydrogens (tertiary/aromatic N) is 3. The molecule has 4 rings (SSSR count). The fourth-order valence-corrected chi connectivity index (χ4v) is 4.99. The topological polar surface area (TPSA) is 96.7 Å². The molecule has 0 saturated heterocycles. The van der Waals surface area contributed by atoms with Crippen LogP contribution in [0, 0.1) is 0 Å². The minimum absolute atomic E-state index is 0.0990. The number of aromatic amines is 1. The summed E-state index contributed by atoms with van der Waals surface area (Å²) in [6.45, 7) is 2.92. The molecule has 0 saturated carbocycles. The average molecular weight is 443 g/mol. The number of rotatable bonds is 10. The van der Waals surface area contributed by atoms with Gasteiger partial charge in [-0.15, -0.1) is 0 Å². The molecule has 0 spiro atoms. The summed E-state index contributed by atoms with van der Waals surface area (Å²) in [4.78, 5) is 31.8. The molecule has 3 N–H and O–H groups in total. The van der Waals surface area contributed by atoms with E-state index in [4.69, 9.17) is 0 Å². The second kappa shape index (κ2) is 9.64.